The van der Waals surface area contributed by atoms with Gasteiger partial charge in [-0.1, -0.05) is 12.1 Å². The number of carbonyl (C=O) groups excluding carboxylic acids is 1. The lowest BCUT2D eigenvalue weighted by Crippen LogP contribution is -2.13. The van der Waals surface area contributed by atoms with Crippen molar-refractivity contribution in [1.82, 2.24) is 0 Å². The van der Waals surface area contributed by atoms with Gasteiger partial charge in [-0.3, -0.25) is 0 Å². The smallest absolute Gasteiger partial charge is 0.337 e. The van der Waals surface area contributed by atoms with E-state index in [1.54, 1.807) is 6.92 Å². The van der Waals surface area contributed by atoms with Crippen LogP contribution in [0.15, 0.2) is 24.3 Å². The van der Waals surface area contributed by atoms with E-state index in [9.17, 15) is 4.79 Å². The van der Waals surface area contributed by atoms with E-state index in [1.807, 2.05) is 19.1 Å². The van der Waals surface area contributed by atoms with Crippen LogP contribution in [0.25, 0.3) is 0 Å². The summed E-state index contributed by atoms with van der Waals surface area (Å²) in [5.74, 6) is 0.607. The highest BCUT2D eigenvalue weighted by atomic mass is 16.6. The molecule has 0 spiro atoms. The molecule has 146 valence electrons. The van der Waals surface area contributed by atoms with Gasteiger partial charge < -0.3 is 23.7 Å². The van der Waals surface area contributed by atoms with E-state index in [1.165, 1.54) is 5.56 Å². The molecule has 1 aromatic carbocycles. The van der Waals surface area contributed by atoms with Crippen molar-refractivity contribution < 1.29 is 28.5 Å². The molecule has 1 aromatic rings. The van der Waals surface area contributed by atoms with Gasteiger partial charge >= 0.3 is 5.97 Å². The summed E-state index contributed by atoms with van der Waals surface area (Å²) in [6.07, 6.45) is 2.49. The molecule has 6 heteroatoms. The molecule has 0 aliphatic carbocycles. The number of ether oxygens (including phenoxy) is 5. The summed E-state index contributed by atoms with van der Waals surface area (Å²) in [7, 11) is 0. The molecule has 1 aliphatic heterocycles. The Labute approximate surface area is 155 Å². The molecule has 1 heterocycles. The fourth-order valence-corrected chi connectivity index (χ4v) is 2.64. The first-order valence-corrected chi connectivity index (χ1v) is 9.44. The maximum Gasteiger partial charge on any atom is 0.337 e. The first kappa shape index (κ1) is 20.7. The van der Waals surface area contributed by atoms with Crippen LogP contribution in [-0.4, -0.2) is 57.8 Å². The van der Waals surface area contributed by atoms with Crippen LogP contribution < -0.4 is 4.74 Å². The average molecular weight is 366 g/mol. The van der Waals surface area contributed by atoms with Gasteiger partial charge in [-0.2, -0.15) is 0 Å². The van der Waals surface area contributed by atoms with Gasteiger partial charge in [-0.05, 0) is 50.8 Å². The minimum absolute atomic E-state index is 0.0272. The van der Waals surface area contributed by atoms with Crippen LogP contribution >= 0.6 is 0 Å². The zero-order chi connectivity index (χ0) is 18.6. The van der Waals surface area contributed by atoms with Crippen molar-refractivity contribution in [2.24, 2.45) is 0 Å². The van der Waals surface area contributed by atoms with Crippen LogP contribution in [0.5, 0.6) is 5.75 Å². The average Bonchev–Trinajstić information content (AvgIpc) is 3.42. The van der Waals surface area contributed by atoms with Crippen LogP contribution in [0.2, 0.25) is 0 Å². The number of carbonyl (C=O) groups is 1. The molecule has 0 radical (unpaired) electrons. The minimum Gasteiger partial charge on any atom is -0.491 e. The van der Waals surface area contributed by atoms with E-state index < -0.39 is 0 Å². The number of hydrogen-bond acceptors (Lipinski definition) is 6. The Morgan fingerprint density at radius 3 is 2.46 bits per heavy atom. The van der Waals surface area contributed by atoms with Gasteiger partial charge in [0.2, 0.25) is 0 Å². The molecular weight excluding hydrogens is 336 g/mol. The van der Waals surface area contributed by atoms with E-state index in [2.05, 4.69) is 12.1 Å². The molecular formula is C20H30O6. The van der Waals surface area contributed by atoms with E-state index in [4.69, 9.17) is 23.7 Å². The third-order valence-electron chi connectivity index (χ3n) is 4.05. The summed E-state index contributed by atoms with van der Waals surface area (Å²) in [5, 5.41) is 0. The molecule has 1 fully saturated rings. The van der Waals surface area contributed by atoms with Crippen LogP contribution in [0.4, 0.5) is 0 Å². The summed E-state index contributed by atoms with van der Waals surface area (Å²) >= 11 is 0. The summed E-state index contributed by atoms with van der Waals surface area (Å²) in [6.45, 7) is 7.18. The standard InChI is InChI=1S/C20H30O6/c1-3-22-12-13-23-14-15-25-17-10-8-16(9-11-17)6-5-7-18-19(26-18)20(21)24-4-2/h8-11,18-19H,3-7,12-15H2,1-2H3. The lowest BCUT2D eigenvalue weighted by atomic mass is 10.1. The Hall–Kier alpha value is -1.63. The number of benzene rings is 1. The maximum atomic E-state index is 11.5. The van der Waals surface area contributed by atoms with Crippen molar-refractivity contribution in [3.8, 4) is 5.75 Å². The van der Waals surface area contributed by atoms with Crippen LogP contribution in [0.3, 0.4) is 0 Å². The van der Waals surface area contributed by atoms with Gasteiger partial charge in [-0.15, -0.1) is 0 Å². The second kappa shape index (κ2) is 11.9. The molecule has 6 nitrogen and oxygen atoms in total. The molecule has 26 heavy (non-hydrogen) atoms. The fourth-order valence-electron chi connectivity index (χ4n) is 2.64. The molecule has 0 aromatic heterocycles. The Morgan fingerprint density at radius 2 is 1.73 bits per heavy atom. The number of esters is 1. The molecule has 0 N–H and O–H groups in total. The number of aryl methyl sites for hydroxylation is 1. The topological polar surface area (TPSA) is 66.5 Å². The van der Waals surface area contributed by atoms with Gasteiger partial charge in [0.25, 0.3) is 0 Å². The van der Waals surface area contributed by atoms with Gasteiger partial charge in [0.15, 0.2) is 6.10 Å². The van der Waals surface area contributed by atoms with Gasteiger partial charge in [0.05, 0.1) is 32.5 Å². The van der Waals surface area contributed by atoms with Crippen molar-refractivity contribution in [2.45, 2.75) is 45.3 Å². The summed E-state index contributed by atoms with van der Waals surface area (Å²) in [6, 6.07) is 8.10. The van der Waals surface area contributed by atoms with Gasteiger partial charge in [0, 0.05) is 6.61 Å². The Kier molecular flexibility index (Phi) is 9.45. The quantitative estimate of drug-likeness (QED) is 0.287. The molecule has 2 atom stereocenters. The molecule has 0 bridgehead atoms. The zero-order valence-electron chi connectivity index (χ0n) is 15.8. The highest BCUT2D eigenvalue weighted by Crippen LogP contribution is 2.28. The Balaban J connectivity index is 1.53. The lowest BCUT2D eigenvalue weighted by molar-refractivity contribution is -0.144. The van der Waals surface area contributed by atoms with E-state index in [0.717, 1.165) is 25.0 Å². The summed E-state index contributed by atoms with van der Waals surface area (Å²) < 4.78 is 26.6. The van der Waals surface area contributed by atoms with E-state index in [-0.39, 0.29) is 18.2 Å². The maximum absolute atomic E-state index is 11.5. The lowest BCUT2D eigenvalue weighted by Gasteiger charge is -2.08. The number of hydrogen-bond donors (Lipinski definition) is 0. The molecule has 2 rings (SSSR count). The van der Waals surface area contributed by atoms with Crippen molar-refractivity contribution in [3.05, 3.63) is 29.8 Å². The SMILES string of the molecule is CCOCCOCCOc1ccc(CCCC2OC2C(=O)OCC)cc1. The fraction of sp³-hybridized carbons (Fsp3) is 0.650. The molecule has 0 amide bonds. The second-order valence-electron chi connectivity index (χ2n) is 6.04. The third kappa shape index (κ3) is 7.72. The second-order valence-corrected chi connectivity index (χ2v) is 6.04. The zero-order valence-corrected chi connectivity index (χ0v) is 15.8. The highest BCUT2D eigenvalue weighted by molar-refractivity contribution is 5.77. The van der Waals surface area contributed by atoms with Crippen LogP contribution in [-0.2, 0) is 30.2 Å². The first-order chi connectivity index (χ1) is 12.7. The normalized spacial score (nSPS) is 18.5. The predicted octanol–water partition coefficient (Wildman–Crippen LogP) is 2.77. The van der Waals surface area contributed by atoms with E-state index >= 15 is 0 Å². The predicted molar refractivity (Wildman–Crippen MR) is 97.5 cm³/mol. The van der Waals surface area contributed by atoms with Gasteiger partial charge in [-0.25, -0.2) is 4.79 Å². The monoisotopic (exact) mass is 366 g/mol. The number of rotatable bonds is 14. The van der Waals surface area contributed by atoms with Crippen molar-refractivity contribution in [2.75, 3.05) is 39.6 Å². The van der Waals surface area contributed by atoms with Crippen molar-refractivity contribution in [3.63, 3.8) is 0 Å². The minimum atomic E-state index is -0.346. The molecule has 1 aliphatic rings. The Morgan fingerprint density at radius 1 is 1.00 bits per heavy atom. The summed E-state index contributed by atoms with van der Waals surface area (Å²) in [4.78, 5) is 11.5. The van der Waals surface area contributed by atoms with Crippen molar-refractivity contribution in [1.29, 1.82) is 0 Å². The number of epoxide rings is 1. The third-order valence-corrected chi connectivity index (χ3v) is 4.05. The molecule has 1 saturated heterocycles. The van der Waals surface area contributed by atoms with Crippen LogP contribution in [0, 0.1) is 0 Å². The first-order valence-electron chi connectivity index (χ1n) is 9.44. The van der Waals surface area contributed by atoms with Crippen molar-refractivity contribution >= 4 is 5.97 Å². The van der Waals surface area contributed by atoms with Crippen LogP contribution in [0.1, 0.15) is 32.3 Å². The van der Waals surface area contributed by atoms with E-state index in [0.29, 0.717) is 39.6 Å². The van der Waals surface area contributed by atoms with Gasteiger partial charge in [0.1, 0.15) is 12.4 Å². The highest BCUT2D eigenvalue weighted by Gasteiger charge is 2.45. The molecule has 0 saturated carbocycles. The molecule has 2 unspecified atom stereocenters. The Bertz CT molecular complexity index is 516. The largest absolute Gasteiger partial charge is 0.491 e. The summed E-state index contributed by atoms with van der Waals surface area (Å²) in [5.41, 5.74) is 1.25.